The van der Waals surface area contributed by atoms with Crippen molar-refractivity contribution in [2.75, 3.05) is 89.1 Å². The Bertz CT molecular complexity index is 1560. The molecule has 0 atom stereocenters. The molecule has 0 amide bonds. The quantitative estimate of drug-likeness (QED) is 0.0965. The zero-order valence-electron chi connectivity index (χ0n) is 30.1. The summed E-state index contributed by atoms with van der Waals surface area (Å²) in [5.74, 6) is 1.29. The van der Waals surface area contributed by atoms with E-state index in [2.05, 4.69) is 189 Å². The van der Waals surface area contributed by atoms with Crippen molar-refractivity contribution in [3.63, 3.8) is 0 Å². The predicted octanol–water partition coefficient (Wildman–Crippen LogP) is 7.88. The van der Waals surface area contributed by atoms with Crippen molar-refractivity contribution in [3.05, 3.63) is 119 Å². The molecule has 0 spiro atoms. The third-order valence-electron chi connectivity index (χ3n) is 8.94. The summed E-state index contributed by atoms with van der Waals surface area (Å²) in [5.41, 5.74) is 10.0. The average molecular weight is 677 g/mol. The van der Waals surface area contributed by atoms with Gasteiger partial charge in [0.05, 0.1) is 0 Å². The van der Waals surface area contributed by atoms with E-state index in [1.54, 1.807) is 0 Å². The Morgan fingerprint density at radius 2 is 0.776 bits per heavy atom. The fraction of sp³-hybridized carbons (Fsp3) is 0.342. The Hall–Kier alpha value is -4.67. The maximum Gasteiger partial charge on any atom is 0.673 e. The molecule has 5 rings (SSSR count). The van der Waals surface area contributed by atoms with Gasteiger partial charge in [-0.25, -0.2) is 0 Å². The van der Waals surface area contributed by atoms with E-state index >= 15 is 0 Å². The van der Waals surface area contributed by atoms with Crippen LogP contribution in [0.4, 0.5) is 40.0 Å². The van der Waals surface area contributed by atoms with Crippen molar-refractivity contribution in [2.24, 2.45) is 0 Å². The molecule has 0 N–H and O–H groups in total. The molecular formula is C38H49BF4N6. The maximum absolute atomic E-state index is 9.75. The fourth-order valence-corrected chi connectivity index (χ4v) is 6.26. The SMILES string of the molecule is CC1=[N+](C(c2ccc(N(C)C)cc2)c2ccc(N(C)C)cc2)CCN1C(c1ccc(N(C)C)cc1)c1ccc(N(C)C)cc1.F[B-](F)(F)F. The Labute approximate surface area is 289 Å². The monoisotopic (exact) mass is 676 g/mol. The van der Waals surface area contributed by atoms with Gasteiger partial charge in [-0.05, 0) is 48.5 Å². The van der Waals surface area contributed by atoms with Crippen LogP contribution in [-0.2, 0) is 0 Å². The molecule has 4 aromatic carbocycles. The third kappa shape index (κ3) is 9.49. The Morgan fingerprint density at radius 1 is 0.510 bits per heavy atom. The van der Waals surface area contributed by atoms with E-state index in [0.717, 1.165) is 13.1 Å². The summed E-state index contributed by atoms with van der Waals surface area (Å²) < 4.78 is 41.6. The molecule has 1 aliphatic rings. The number of hydrogen-bond acceptors (Lipinski definition) is 5. The van der Waals surface area contributed by atoms with Gasteiger partial charge in [-0.2, -0.15) is 0 Å². The van der Waals surface area contributed by atoms with Crippen LogP contribution in [0.15, 0.2) is 97.1 Å². The lowest BCUT2D eigenvalue weighted by Gasteiger charge is -2.26. The molecular weight excluding hydrogens is 627 g/mol. The van der Waals surface area contributed by atoms with E-state index in [4.69, 9.17) is 0 Å². The minimum absolute atomic E-state index is 0.111. The van der Waals surface area contributed by atoms with Crippen LogP contribution in [0, 0.1) is 0 Å². The molecule has 0 fully saturated rings. The number of amidine groups is 1. The van der Waals surface area contributed by atoms with Crippen LogP contribution in [0.3, 0.4) is 0 Å². The van der Waals surface area contributed by atoms with Gasteiger partial charge in [0, 0.05) is 108 Å². The van der Waals surface area contributed by atoms with Crippen molar-refractivity contribution in [1.82, 2.24) is 4.90 Å². The normalized spacial score (nSPS) is 13.1. The highest BCUT2D eigenvalue weighted by Crippen LogP contribution is 2.36. The summed E-state index contributed by atoms with van der Waals surface area (Å²) in [5, 5.41) is 0. The predicted molar refractivity (Wildman–Crippen MR) is 199 cm³/mol. The molecule has 262 valence electrons. The summed E-state index contributed by atoms with van der Waals surface area (Å²) in [6.45, 7) is 4.20. The van der Waals surface area contributed by atoms with E-state index in [1.165, 1.54) is 50.8 Å². The summed E-state index contributed by atoms with van der Waals surface area (Å²) in [6, 6.07) is 36.5. The van der Waals surface area contributed by atoms with Crippen molar-refractivity contribution < 1.29 is 21.8 Å². The zero-order chi connectivity index (χ0) is 36.0. The molecule has 0 unspecified atom stereocenters. The van der Waals surface area contributed by atoms with E-state index < -0.39 is 7.25 Å². The molecule has 49 heavy (non-hydrogen) atoms. The smallest absolute Gasteiger partial charge is 0.418 e. The van der Waals surface area contributed by atoms with E-state index in [9.17, 15) is 17.3 Å². The van der Waals surface area contributed by atoms with Crippen LogP contribution in [0.1, 0.15) is 41.3 Å². The molecule has 0 bridgehead atoms. The second-order valence-electron chi connectivity index (χ2n) is 13.2. The first-order valence-corrected chi connectivity index (χ1v) is 16.4. The second kappa shape index (κ2) is 15.7. The Balaban J connectivity index is 0.00000101. The molecule has 1 aliphatic heterocycles. The van der Waals surface area contributed by atoms with Crippen LogP contribution in [0.25, 0.3) is 0 Å². The summed E-state index contributed by atoms with van der Waals surface area (Å²) in [4.78, 5) is 11.2. The van der Waals surface area contributed by atoms with Crippen molar-refractivity contribution in [1.29, 1.82) is 0 Å². The van der Waals surface area contributed by atoms with Gasteiger partial charge in [-0.15, -0.1) is 0 Å². The van der Waals surface area contributed by atoms with E-state index in [1.807, 2.05) is 0 Å². The number of benzene rings is 4. The van der Waals surface area contributed by atoms with Crippen molar-refractivity contribution >= 4 is 35.8 Å². The number of anilines is 4. The van der Waals surface area contributed by atoms with Crippen LogP contribution in [0.5, 0.6) is 0 Å². The number of rotatable bonds is 10. The molecule has 0 saturated carbocycles. The summed E-state index contributed by atoms with van der Waals surface area (Å²) in [7, 11) is 10.8. The van der Waals surface area contributed by atoms with Gasteiger partial charge in [0.15, 0.2) is 0 Å². The van der Waals surface area contributed by atoms with Crippen LogP contribution < -0.4 is 19.6 Å². The number of nitrogens with zero attached hydrogens (tertiary/aromatic N) is 6. The van der Waals surface area contributed by atoms with Gasteiger partial charge in [0.25, 0.3) is 0 Å². The molecule has 11 heteroatoms. The van der Waals surface area contributed by atoms with Crippen LogP contribution in [-0.4, -0.2) is 92.0 Å². The highest BCUT2D eigenvalue weighted by Gasteiger charge is 2.39. The van der Waals surface area contributed by atoms with Crippen LogP contribution >= 0.6 is 0 Å². The lowest BCUT2D eigenvalue weighted by molar-refractivity contribution is -0.553. The molecule has 0 saturated heterocycles. The van der Waals surface area contributed by atoms with Gasteiger partial charge in [-0.1, -0.05) is 48.5 Å². The number of halogens is 4. The van der Waals surface area contributed by atoms with Crippen LogP contribution in [0.2, 0.25) is 0 Å². The van der Waals surface area contributed by atoms with E-state index in [-0.39, 0.29) is 12.1 Å². The Morgan fingerprint density at radius 3 is 1.04 bits per heavy atom. The third-order valence-corrected chi connectivity index (χ3v) is 8.94. The van der Waals surface area contributed by atoms with Gasteiger partial charge >= 0.3 is 7.25 Å². The molecule has 1 heterocycles. The first-order chi connectivity index (χ1) is 23.0. The Kier molecular flexibility index (Phi) is 11.9. The van der Waals surface area contributed by atoms with Crippen molar-refractivity contribution in [3.8, 4) is 0 Å². The standard InChI is InChI=1S/C38H49N6.BF4/c1-28-43(37(29-10-18-33(19-11-29)39(2)3)30-12-20-34(21-13-30)40(4)5)26-27-44(28)38(31-14-22-35(23-15-31)41(6)7)32-16-24-36(25-17-32)42(8)9;2-1(3,4)5/h10-25,37-38H,26-27H2,1-9H3;/q+1;-1. The summed E-state index contributed by atoms with van der Waals surface area (Å²) >= 11 is 0. The van der Waals surface area contributed by atoms with Gasteiger partial charge in [0.2, 0.25) is 5.84 Å². The highest BCUT2D eigenvalue weighted by molar-refractivity contribution is 6.50. The van der Waals surface area contributed by atoms with Gasteiger partial charge in [0.1, 0.15) is 25.2 Å². The maximum atomic E-state index is 9.75. The molecule has 4 aromatic rings. The molecule has 6 nitrogen and oxygen atoms in total. The zero-order valence-corrected chi connectivity index (χ0v) is 30.1. The molecule has 0 aromatic heterocycles. The number of hydrogen-bond donors (Lipinski definition) is 0. The molecule has 0 aliphatic carbocycles. The molecule has 0 radical (unpaired) electrons. The topological polar surface area (TPSA) is 19.2 Å². The van der Waals surface area contributed by atoms with Gasteiger partial charge < -0.3 is 36.9 Å². The average Bonchev–Trinajstić information content (AvgIpc) is 3.41. The minimum atomic E-state index is -6.00. The second-order valence-corrected chi connectivity index (χ2v) is 13.2. The van der Waals surface area contributed by atoms with Gasteiger partial charge in [-0.3, -0.25) is 9.48 Å². The lowest BCUT2D eigenvalue weighted by Crippen LogP contribution is -2.33. The lowest BCUT2D eigenvalue weighted by atomic mass is 9.96. The first kappa shape index (κ1) is 37.2. The minimum Gasteiger partial charge on any atom is -0.418 e. The largest absolute Gasteiger partial charge is 0.673 e. The van der Waals surface area contributed by atoms with Crippen molar-refractivity contribution in [2.45, 2.75) is 19.0 Å². The highest BCUT2D eigenvalue weighted by atomic mass is 19.5. The van der Waals surface area contributed by atoms with E-state index in [0.29, 0.717) is 0 Å². The fourth-order valence-electron chi connectivity index (χ4n) is 6.26. The first-order valence-electron chi connectivity index (χ1n) is 16.4. The summed E-state index contributed by atoms with van der Waals surface area (Å²) in [6.07, 6.45) is 0.